The van der Waals surface area contributed by atoms with Gasteiger partial charge in [0.1, 0.15) is 0 Å². The molecule has 0 atom stereocenters. The van der Waals surface area contributed by atoms with E-state index >= 15 is 0 Å². The van der Waals surface area contributed by atoms with Crippen molar-refractivity contribution in [2.45, 2.75) is 25.4 Å². The molecule has 0 aliphatic rings. The molecule has 0 fully saturated rings. The average molecular weight is 248 g/mol. The van der Waals surface area contributed by atoms with Crippen molar-refractivity contribution in [3.05, 3.63) is 0 Å². The second-order valence-electron chi connectivity index (χ2n) is 3.07. The fraction of sp³-hybridized carbons (Fsp3) is 1.00. The molecule has 0 aromatic rings. The van der Waals surface area contributed by atoms with E-state index in [4.69, 9.17) is 5.73 Å². The van der Waals surface area contributed by atoms with Crippen LogP contribution in [-0.4, -0.2) is 33.4 Å². The van der Waals surface area contributed by atoms with Crippen molar-refractivity contribution < 1.29 is 21.6 Å². The molecule has 0 aromatic carbocycles. The molecule has 0 aliphatic carbocycles. The lowest BCUT2D eigenvalue weighted by atomic mass is 10.3. The Balaban J connectivity index is 3.75. The van der Waals surface area contributed by atoms with Crippen LogP contribution >= 0.6 is 0 Å². The highest BCUT2D eigenvalue weighted by atomic mass is 32.2. The minimum Gasteiger partial charge on any atom is -0.330 e. The number of nitrogens with one attached hydrogen (secondary N) is 1. The van der Waals surface area contributed by atoms with E-state index in [-0.39, 0.29) is 6.54 Å². The lowest BCUT2D eigenvalue weighted by Gasteiger charge is -2.07. The lowest BCUT2D eigenvalue weighted by molar-refractivity contribution is -0.134. The molecular formula is C7H15F3N2O2S. The SMILES string of the molecule is NCCCNS(=O)(=O)CCCC(F)(F)F. The summed E-state index contributed by atoms with van der Waals surface area (Å²) in [5.74, 6) is -0.503. The normalized spacial score (nSPS) is 13.1. The average Bonchev–Trinajstić information content (AvgIpc) is 2.01. The first-order chi connectivity index (χ1) is 6.77. The molecule has 0 aliphatic heterocycles. The highest BCUT2D eigenvalue weighted by Gasteiger charge is 2.27. The van der Waals surface area contributed by atoms with E-state index in [0.717, 1.165) is 0 Å². The Morgan fingerprint density at radius 1 is 1.20 bits per heavy atom. The molecule has 0 saturated carbocycles. The van der Waals surface area contributed by atoms with E-state index in [1.807, 2.05) is 0 Å². The summed E-state index contributed by atoms with van der Waals surface area (Å²) in [6.45, 7) is 0.510. The third-order valence-electron chi connectivity index (χ3n) is 1.58. The van der Waals surface area contributed by atoms with Gasteiger partial charge in [0.2, 0.25) is 10.0 Å². The molecule has 0 bridgehead atoms. The van der Waals surface area contributed by atoms with Gasteiger partial charge in [-0.2, -0.15) is 13.2 Å². The summed E-state index contributed by atoms with van der Waals surface area (Å²) in [6, 6.07) is 0. The van der Waals surface area contributed by atoms with Crippen LogP contribution in [0.1, 0.15) is 19.3 Å². The Hall–Kier alpha value is -0.340. The third-order valence-corrected chi connectivity index (χ3v) is 3.05. The molecule has 0 amide bonds. The molecule has 15 heavy (non-hydrogen) atoms. The van der Waals surface area contributed by atoms with Gasteiger partial charge in [-0.05, 0) is 19.4 Å². The van der Waals surface area contributed by atoms with Gasteiger partial charge in [0.05, 0.1) is 5.75 Å². The Morgan fingerprint density at radius 3 is 2.27 bits per heavy atom. The summed E-state index contributed by atoms with van der Waals surface area (Å²) >= 11 is 0. The molecule has 92 valence electrons. The van der Waals surface area contributed by atoms with Gasteiger partial charge in [-0.3, -0.25) is 0 Å². The summed E-state index contributed by atoms with van der Waals surface area (Å²) < 4.78 is 59.4. The highest BCUT2D eigenvalue weighted by molar-refractivity contribution is 7.89. The number of alkyl halides is 3. The Labute approximate surface area is 87.1 Å². The van der Waals surface area contributed by atoms with Crippen molar-refractivity contribution in [3.63, 3.8) is 0 Å². The van der Waals surface area contributed by atoms with Crippen molar-refractivity contribution in [2.75, 3.05) is 18.8 Å². The van der Waals surface area contributed by atoms with Crippen molar-refractivity contribution >= 4 is 10.0 Å². The quantitative estimate of drug-likeness (QED) is 0.648. The summed E-state index contributed by atoms with van der Waals surface area (Å²) in [5.41, 5.74) is 5.13. The fourth-order valence-corrected chi connectivity index (χ4v) is 1.99. The van der Waals surface area contributed by atoms with Crippen LogP contribution in [0.4, 0.5) is 13.2 Å². The third kappa shape index (κ3) is 9.95. The van der Waals surface area contributed by atoms with Gasteiger partial charge in [0.25, 0.3) is 0 Å². The smallest absolute Gasteiger partial charge is 0.330 e. The molecule has 0 unspecified atom stereocenters. The number of nitrogens with two attached hydrogens (primary N) is 1. The van der Waals surface area contributed by atoms with Crippen molar-refractivity contribution in [3.8, 4) is 0 Å². The summed E-state index contributed by atoms with van der Waals surface area (Å²) in [5, 5.41) is 0. The van der Waals surface area contributed by atoms with E-state index < -0.39 is 34.8 Å². The van der Waals surface area contributed by atoms with Gasteiger partial charge in [-0.1, -0.05) is 0 Å². The zero-order chi connectivity index (χ0) is 11.9. The van der Waals surface area contributed by atoms with Crippen LogP contribution in [-0.2, 0) is 10.0 Å². The first-order valence-electron chi connectivity index (χ1n) is 4.51. The van der Waals surface area contributed by atoms with Crippen molar-refractivity contribution in [1.82, 2.24) is 4.72 Å². The van der Waals surface area contributed by atoms with Crippen LogP contribution in [0.25, 0.3) is 0 Å². The lowest BCUT2D eigenvalue weighted by Crippen LogP contribution is -2.29. The van der Waals surface area contributed by atoms with Gasteiger partial charge in [-0.25, -0.2) is 13.1 Å². The second-order valence-corrected chi connectivity index (χ2v) is 5.00. The molecule has 0 aromatic heterocycles. The standard InChI is InChI=1S/C7H15F3N2O2S/c8-7(9,10)3-1-6-15(13,14)12-5-2-4-11/h12H,1-6,11H2. The maximum Gasteiger partial charge on any atom is 0.389 e. The van der Waals surface area contributed by atoms with Crippen LogP contribution in [0.2, 0.25) is 0 Å². The Morgan fingerprint density at radius 2 is 1.80 bits per heavy atom. The maximum absolute atomic E-state index is 11.7. The van der Waals surface area contributed by atoms with E-state index in [1.54, 1.807) is 0 Å². The molecule has 4 nitrogen and oxygen atoms in total. The van der Waals surface area contributed by atoms with Crippen LogP contribution in [0.3, 0.4) is 0 Å². The molecule has 8 heteroatoms. The second kappa shape index (κ2) is 6.29. The summed E-state index contributed by atoms with van der Waals surface area (Å²) in [7, 11) is -3.58. The van der Waals surface area contributed by atoms with E-state index in [1.165, 1.54) is 0 Å². The minimum absolute atomic E-state index is 0.171. The van der Waals surface area contributed by atoms with Gasteiger partial charge >= 0.3 is 6.18 Å². The first-order valence-corrected chi connectivity index (χ1v) is 6.16. The van der Waals surface area contributed by atoms with Gasteiger partial charge in [0.15, 0.2) is 0 Å². The molecular weight excluding hydrogens is 233 g/mol. The van der Waals surface area contributed by atoms with Gasteiger partial charge < -0.3 is 5.73 Å². The largest absolute Gasteiger partial charge is 0.389 e. The number of rotatable bonds is 7. The number of hydrogen-bond donors (Lipinski definition) is 2. The zero-order valence-electron chi connectivity index (χ0n) is 8.18. The van der Waals surface area contributed by atoms with Crippen LogP contribution in [0, 0.1) is 0 Å². The van der Waals surface area contributed by atoms with E-state index in [2.05, 4.69) is 4.72 Å². The van der Waals surface area contributed by atoms with Crippen LogP contribution in [0.5, 0.6) is 0 Å². The first kappa shape index (κ1) is 14.7. The molecule has 0 radical (unpaired) electrons. The highest BCUT2D eigenvalue weighted by Crippen LogP contribution is 2.21. The Bertz CT molecular complexity index is 264. The van der Waals surface area contributed by atoms with Crippen LogP contribution in [0.15, 0.2) is 0 Å². The minimum atomic E-state index is -4.30. The fourth-order valence-electron chi connectivity index (χ4n) is 0.865. The predicted octanol–water partition coefficient (Wildman–Crippen LogP) is 0.597. The maximum atomic E-state index is 11.7. The number of sulfonamides is 1. The monoisotopic (exact) mass is 248 g/mol. The van der Waals surface area contributed by atoms with Crippen molar-refractivity contribution in [2.24, 2.45) is 5.73 Å². The summed E-state index contributed by atoms with van der Waals surface area (Å²) in [6.07, 6.45) is -5.32. The van der Waals surface area contributed by atoms with E-state index in [0.29, 0.717) is 13.0 Å². The van der Waals surface area contributed by atoms with Gasteiger partial charge in [-0.15, -0.1) is 0 Å². The predicted molar refractivity (Wildman–Crippen MR) is 50.7 cm³/mol. The van der Waals surface area contributed by atoms with E-state index in [9.17, 15) is 21.6 Å². The summed E-state index contributed by atoms with van der Waals surface area (Å²) in [4.78, 5) is 0. The molecule has 0 saturated heterocycles. The van der Waals surface area contributed by atoms with Gasteiger partial charge in [0, 0.05) is 13.0 Å². The molecule has 0 spiro atoms. The van der Waals surface area contributed by atoms with Crippen molar-refractivity contribution in [1.29, 1.82) is 0 Å². The molecule has 0 heterocycles. The topological polar surface area (TPSA) is 72.2 Å². The van der Waals surface area contributed by atoms with Crippen LogP contribution < -0.4 is 10.5 Å². The Kier molecular flexibility index (Phi) is 6.15. The number of hydrogen-bond acceptors (Lipinski definition) is 3. The number of halogens is 3. The molecule has 3 N–H and O–H groups in total. The molecule has 0 rings (SSSR count). The zero-order valence-corrected chi connectivity index (χ0v) is 9.00.